The molecule has 8 heavy (non-hydrogen) atoms. The van der Waals surface area contributed by atoms with Crippen LogP contribution in [0.4, 0.5) is 0 Å². The highest BCUT2D eigenvalue weighted by Gasteiger charge is 1.96. The smallest absolute Gasteiger partial charge is 0.306 e. The topological polar surface area (TPSA) is 17.1 Å². The maximum absolute atomic E-state index is 9.82. The van der Waals surface area contributed by atoms with Gasteiger partial charge < -0.3 is 4.79 Å². The monoisotopic (exact) mass is 124 g/mol. The van der Waals surface area contributed by atoms with Crippen LogP contribution >= 0.6 is 0 Å². The van der Waals surface area contributed by atoms with Crippen molar-refractivity contribution in [2.45, 2.75) is 22.9 Å². The number of carbonyl (C=O) groups is 1. The van der Waals surface area contributed by atoms with Crippen molar-refractivity contribution in [2.24, 2.45) is 5.92 Å². The van der Waals surface area contributed by atoms with Crippen molar-refractivity contribution in [3.05, 3.63) is 0 Å². The van der Waals surface area contributed by atoms with E-state index in [4.69, 9.17) is 0 Å². The lowest BCUT2D eigenvalue weighted by Crippen LogP contribution is -1.94. The molecular weight excluding hydrogens is 112 g/mol. The van der Waals surface area contributed by atoms with Gasteiger partial charge in [-0.05, 0) is 0 Å². The largest absolute Gasteiger partial charge is 0.375 e. The SMILES string of the molecule is CC(C)[CH2][Mg][CH2]C=O. The van der Waals surface area contributed by atoms with Gasteiger partial charge in [-0.3, -0.25) is 0 Å². The van der Waals surface area contributed by atoms with Gasteiger partial charge in [-0.25, -0.2) is 0 Å². The Labute approximate surface area is 60.6 Å². The number of rotatable bonds is 4. The van der Waals surface area contributed by atoms with Crippen LogP contribution in [0, 0.1) is 5.92 Å². The molecule has 0 aromatic heterocycles. The molecule has 0 aliphatic rings. The standard InChI is InChI=1S/C4H9.C2H3O.Mg/c1-4(2)3;1-2-3;/h4H,1H2,2-3H3;2H,1H2;. The van der Waals surface area contributed by atoms with Crippen molar-refractivity contribution in [3.8, 4) is 0 Å². The summed E-state index contributed by atoms with van der Waals surface area (Å²) >= 11 is -0.00424. The zero-order chi connectivity index (χ0) is 6.41. The first-order valence-corrected chi connectivity index (χ1v) is 5.21. The molecule has 44 valence electrons. The molecule has 0 heterocycles. The molecule has 0 bridgehead atoms. The maximum atomic E-state index is 9.82. The van der Waals surface area contributed by atoms with E-state index in [0.29, 0.717) is 0 Å². The molecule has 0 radical (unpaired) electrons. The number of aldehydes is 1. The molecule has 0 saturated carbocycles. The molecule has 0 spiro atoms. The number of hydrogen-bond acceptors (Lipinski definition) is 1. The molecule has 0 N–H and O–H groups in total. The van der Waals surface area contributed by atoms with Crippen LogP contribution in [-0.4, -0.2) is 26.7 Å². The van der Waals surface area contributed by atoms with E-state index in [0.717, 1.165) is 16.8 Å². The van der Waals surface area contributed by atoms with E-state index in [-0.39, 0.29) is 20.4 Å². The molecule has 0 atom stereocenters. The fourth-order valence-electron chi connectivity index (χ4n) is 0.609. The summed E-state index contributed by atoms with van der Waals surface area (Å²) in [5.41, 5.74) is 0. The second kappa shape index (κ2) is 5.57. The van der Waals surface area contributed by atoms with Crippen LogP contribution in [0.2, 0.25) is 9.10 Å². The predicted octanol–water partition coefficient (Wildman–Crippen LogP) is 1.38. The van der Waals surface area contributed by atoms with Gasteiger partial charge in [0, 0.05) is 0 Å². The Morgan fingerprint density at radius 1 is 1.62 bits per heavy atom. The van der Waals surface area contributed by atoms with Gasteiger partial charge in [0.05, 0.1) is 6.29 Å². The van der Waals surface area contributed by atoms with E-state index in [1.807, 2.05) is 0 Å². The summed E-state index contributed by atoms with van der Waals surface area (Å²) in [4.78, 5) is 9.82. The zero-order valence-corrected chi connectivity index (χ0v) is 7.10. The van der Waals surface area contributed by atoms with Crippen LogP contribution in [0.25, 0.3) is 0 Å². The van der Waals surface area contributed by atoms with Crippen LogP contribution < -0.4 is 0 Å². The van der Waals surface area contributed by atoms with Gasteiger partial charge in [0.25, 0.3) is 0 Å². The molecule has 0 fully saturated rings. The lowest BCUT2D eigenvalue weighted by Gasteiger charge is -1.96. The number of carbonyl (C=O) groups excluding carboxylic acids is 1. The lowest BCUT2D eigenvalue weighted by atomic mass is 10.3. The van der Waals surface area contributed by atoms with E-state index in [1.165, 1.54) is 4.55 Å². The summed E-state index contributed by atoms with van der Waals surface area (Å²) in [7, 11) is 0. The molecule has 0 aliphatic heterocycles. The van der Waals surface area contributed by atoms with Gasteiger partial charge in [-0.15, -0.1) is 4.55 Å². The second-order valence-electron chi connectivity index (χ2n) is 2.49. The van der Waals surface area contributed by atoms with Gasteiger partial charge in [-0.2, -0.15) is 0 Å². The molecule has 2 heteroatoms. The molecule has 1 nitrogen and oxygen atoms in total. The average Bonchev–Trinajstić information content (AvgIpc) is 1.66. The van der Waals surface area contributed by atoms with E-state index < -0.39 is 0 Å². The van der Waals surface area contributed by atoms with E-state index in [2.05, 4.69) is 13.8 Å². The molecule has 0 rings (SSSR count). The van der Waals surface area contributed by atoms with Crippen LogP contribution in [0.1, 0.15) is 13.8 Å². The molecular formula is C6H12MgO. The van der Waals surface area contributed by atoms with Crippen molar-refractivity contribution in [3.63, 3.8) is 0 Å². The Hall–Kier alpha value is 0.436. The van der Waals surface area contributed by atoms with Crippen molar-refractivity contribution in [2.75, 3.05) is 0 Å². The fraction of sp³-hybridized carbons (Fsp3) is 0.833. The average molecular weight is 124 g/mol. The molecule has 0 amide bonds. The minimum Gasteiger partial charge on any atom is -0.306 e. The summed E-state index contributed by atoms with van der Waals surface area (Å²) in [6.45, 7) is 4.41. The Morgan fingerprint density at radius 2 is 2.25 bits per heavy atom. The summed E-state index contributed by atoms with van der Waals surface area (Å²) in [5, 5.41) is 0. The zero-order valence-electron chi connectivity index (χ0n) is 5.68. The van der Waals surface area contributed by atoms with Gasteiger partial charge in [0.1, 0.15) is 0 Å². The quantitative estimate of drug-likeness (QED) is 0.314. The van der Waals surface area contributed by atoms with E-state index in [9.17, 15) is 4.79 Å². The fourth-order valence-corrected chi connectivity index (χ4v) is 1.83. The number of hydrogen-bond donors (Lipinski definition) is 0. The van der Waals surface area contributed by atoms with Gasteiger partial charge in [-0.1, -0.05) is 24.3 Å². The maximum Gasteiger partial charge on any atom is 0.375 e. The first-order valence-electron chi connectivity index (χ1n) is 3.21. The minimum atomic E-state index is -0.00424. The van der Waals surface area contributed by atoms with Crippen LogP contribution in [0.3, 0.4) is 0 Å². The second-order valence-corrected chi connectivity index (χ2v) is 4.35. The van der Waals surface area contributed by atoms with Crippen molar-refractivity contribution in [1.29, 1.82) is 0 Å². The van der Waals surface area contributed by atoms with Crippen molar-refractivity contribution in [1.82, 2.24) is 0 Å². The third-order valence-electron chi connectivity index (χ3n) is 1.10. The third kappa shape index (κ3) is 6.44. The Morgan fingerprint density at radius 3 is 2.62 bits per heavy atom. The molecule has 0 aliphatic carbocycles. The highest BCUT2D eigenvalue weighted by Crippen LogP contribution is 1.98. The van der Waals surface area contributed by atoms with Gasteiger partial charge >= 0.3 is 20.4 Å². The van der Waals surface area contributed by atoms with Crippen LogP contribution in [-0.2, 0) is 4.79 Å². The predicted molar refractivity (Wildman–Crippen MR) is 36.3 cm³/mol. The third-order valence-corrected chi connectivity index (χ3v) is 3.31. The van der Waals surface area contributed by atoms with Crippen molar-refractivity contribution < 1.29 is 4.79 Å². The lowest BCUT2D eigenvalue weighted by molar-refractivity contribution is -0.106. The first kappa shape index (κ1) is 8.44. The molecule has 0 unspecified atom stereocenters. The molecule has 0 aromatic rings. The highest BCUT2D eigenvalue weighted by molar-refractivity contribution is 6.39. The van der Waals surface area contributed by atoms with Crippen LogP contribution in [0.5, 0.6) is 0 Å². The summed E-state index contributed by atoms with van der Waals surface area (Å²) < 4.78 is 2.19. The van der Waals surface area contributed by atoms with Crippen LogP contribution in [0.15, 0.2) is 0 Å². The van der Waals surface area contributed by atoms with Gasteiger partial charge in [0.2, 0.25) is 0 Å². The summed E-state index contributed by atoms with van der Waals surface area (Å²) in [6.07, 6.45) is 1.05. The minimum absolute atomic E-state index is 0.00424. The Balaban J connectivity index is 2.81. The Bertz CT molecular complexity index is 61.5. The first-order chi connectivity index (χ1) is 3.77. The highest BCUT2D eigenvalue weighted by atomic mass is 24.5. The van der Waals surface area contributed by atoms with Gasteiger partial charge in [0.15, 0.2) is 0 Å². The van der Waals surface area contributed by atoms with E-state index in [1.54, 1.807) is 0 Å². The summed E-state index contributed by atoms with van der Waals surface area (Å²) in [6, 6.07) is 0. The van der Waals surface area contributed by atoms with E-state index >= 15 is 0 Å². The summed E-state index contributed by atoms with van der Waals surface area (Å²) in [5.74, 6) is 0.807. The molecule has 0 saturated heterocycles. The molecule has 0 aromatic carbocycles. The Kier molecular flexibility index (Phi) is 5.87. The van der Waals surface area contributed by atoms with Crippen molar-refractivity contribution >= 4 is 26.7 Å². The normalized spacial score (nSPS) is 8.88.